The molecule has 6 nitrogen and oxygen atoms in total. The average molecular weight is 483 g/mol. The lowest BCUT2D eigenvalue weighted by molar-refractivity contribution is -0.119. The van der Waals surface area contributed by atoms with Gasteiger partial charge < -0.3 is 20.1 Å². The van der Waals surface area contributed by atoms with Crippen molar-refractivity contribution in [3.63, 3.8) is 0 Å². The van der Waals surface area contributed by atoms with E-state index in [1.54, 1.807) is 20.3 Å². The maximum atomic E-state index is 12.9. The third-order valence-corrected chi connectivity index (χ3v) is 8.29. The van der Waals surface area contributed by atoms with Gasteiger partial charge in [-0.1, -0.05) is 24.6 Å². The van der Waals surface area contributed by atoms with Gasteiger partial charge in [0.15, 0.2) is 11.5 Å². The van der Waals surface area contributed by atoms with Gasteiger partial charge in [-0.25, -0.2) is 0 Å². The van der Waals surface area contributed by atoms with Crippen molar-refractivity contribution in [3.8, 4) is 11.5 Å². The number of hydrogen-bond donors (Lipinski definition) is 2. The standard InChI is InChI=1S/C27H34N2O4S/c1-17(22-13-18-8-10-20(22)12-18)29-26(30)16-34-25-7-5-4-6-21(25)27(31)28-15-19-9-11-23(32-2)24(14-19)33-3/h4-7,9,11,14,17-18,20,22H,8,10,12-13,15-16H2,1-3H3,(H,28,31)(H,29,30)/t17-,18-,20-,22+/m0/s1. The Labute approximate surface area is 206 Å². The molecule has 7 heteroatoms. The van der Waals surface area contributed by atoms with Crippen LogP contribution in [0, 0.1) is 17.8 Å². The minimum absolute atomic E-state index is 0.0285. The fourth-order valence-corrected chi connectivity index (χ4v) is 6.36. The van der Waals surface area contributed by atoms with E-state index < -0.39 is 0 Å². The second-order valence-corrected chi connectivity index (χ2v) is 10.4. The van der Waals surface area contributed by atoms with Gasteiger partial charge in [-0.3, -0.25) is 9.59 Å². The molecule has 182 valence electrons. The zero-order valence-corrected chi connectivity index (χ0v) is 21.0. The summed E-state index contributed by atoms with van der Waals surface area (Å²) < 4.78 is 10.6. The predicted molar refractivity (Wildman–Crippen MR) is 134 cm³/mol. The molecule has 2 aliphatic rings. The molecule has 0 aliphatic heterocycles. The van der Waals surface area contributed by atoms with Crippen LogP contribution in [0.25, 0.3) is 0 Å². The Morgan fingerprint density at radius 3 is 2.56 bits per heavy atom. The molecule has 4 rings (SSSR count). The number of fused-ring (bicyclic) bond motifs is 2. The van der Waals surface area contributed by atoms with E-state index in [1.807, 2.05) is 36.4 Å². The first-order chi connectivity index (χ1) is 16.5. The second kappa shape index (κ2) is 11.2. The lowest BCUT2D eigenvalue weighted by atomic mass is 9.84. The average Bonchev–Trinajstić information content (AvgIpc) is 3.50. The van der Waals surface area contributed by atoms with Crippen molar-refractivity contribution in [2.75, 3.05) is 20.0 Å². The van der Waals surface area contributed by atoms with Crippen LogP contribution in [-0.2, 0) is 11.3 Å². The number of nitrogens with one attached hydrogen (secondary N) is 2. The Morgan fingerprint density at radius 2 is 1.85 bits per heavy atom. The second-order valence-electron chi connectivity index (χ2n) is 9.35. The highest BCUT2D eigenvalue weighted by Gasteiger charge is 2.42. The van der Waals surface area contributed by atoms with Crippen LogP contribution in [0.5, 0.6) is 11.5 Å². The number of hydrogen-bond acceptors (Lipinski definition) is 5. The van der Waals surface area contributed by atoms with Crippen molar-refractivity contribution >= 4 is 23.6 Å². The fourth-order valence-electron chi connectivity index (χ4n) is 5.50. The summed E-state index contributed by atoms with van der Waals surface area (Å²) in [5.41, 5.74) is 1.48. The van der Waals surface area contributed by atoms with Crippen molar-refractivity contribution in [1.29, 1.82) is 0 Å². The Balaban J connectivity index is 1.30. The molecule has 0 radical (unpaired) electrons. The molecule has 2 fully saturated rings. The first kappa shape index (κ1) is 24.5. The van der Waals surface area contributed by atoms with Crippen molar-refractivity contribution in [1.82, 2.24) is 10.6 Å². The Hall–Kier alpha value is -2.67. The van der Waals surface area contributed by atoms with Gasteiger partial charge >= 0.3 is 0 Å². The SMILES string of the molecule is COc1ccc(CNC(=O)c2ccccc2SCC(=O)N[C@@H](C)[C@H]2C[C@H]3CC[C@H]2C3)cc1OC. The van der Waals surface area contributed by atoms with E-state index in [-0.39, 0.29) is 17.9 Å². The minimum atomic E-state index is -0.173. The van der Waals surface area contributed by atoms with Gasteiger partial charge in [-0.05, 0) is 73.8 Å². The summed E-state index contributed by atoms with van der Waals surface area (Å²) in [6.45, 7) is 2.50. The number of methoxy groups -OCH3 is 2. The Kier molecular flexibility index (Phi) is 8.03. The highest BCUT2D eigenvalue weighted by atomic mass is 32.2. The molecule has 0 spiro atoms. The molecule has 2 aromatic carbocycles. The summed E-state index contributed by atoms with van der Waals surface area (Å²) in [7, 11) is 3.18. The minimum Gasteiger partial charge on any atom is -0.493 e. The first-order valence-electron chi connectivity index (χ1n) is 12.0. The molecule has 0 heterocycles. The summed E-state index contributed by atoms with van der Waals surface area (Å²) in [6.07, 6.45) is 5.27. The zero-order valence-electron chi connectivity index (χ0n) is 20.1. The molecule has 0 unspecified atom stereocenters. The van der Waals surface area contributed by atoms with Gasteiger partial charge in [0.1, 0.15) is 0 Å². The summed E-state index contributed by atoms with van der Waals surface area (Å²) in [6, 6.07) is 13.2. The van der Waals surface area contributed by atoms with E-state index in [4.69, 9.17) is 9.47 Å². The fraction of sp³-hybridized carbons (Fsp3) is 0.481. The lowest BCUT2D eigenvalue weighted by Gasteiger charge is -2.28. The molecule has 0 aromatic heterocycles. The van der Waals surface area contributed by atoms with Gasteiger partial charge in [0.25, 0.3) is 5.91 Å². The van der Waals surface area contributed by atoms with Crippen LogP contribution in [0.2, 0.25) is 0 Å². The molecule has 2 aliphatic carbocycles. The zero-order chi connectivity index (χ0) is 24.1. The number of carbonyl (C=O) groups excluding carboxylic acids is 2. The molecule has 2 amide bonds. The van der Waals surface area contributed by atoms with Crippen molar-refractivity contribution in [3.05, 3.63) is 53.6 Å². The van der Waals surface area contributed by atoms with Crippen LogP contribution in [0.3, 0.4) is 0 Å². The maximum absolute atomic E-state index is 12.9. The molecular formula is C27H34N2O4S. The van der Waals surface area contributed by atoms with E-state index in [9.17, 15) is 9.59 Å². The number of carbonyl (C=O) groups is 2. The smallest absolute Gasteiger partial charge is 0.252 e. The van der Waals surface area contributed by atoms with Crippen LogP contribution in [0.4, 0.5) is 0 Å². The van der Waals surface area contributed by atoms with E-state index in [0.29, 0.717) is 35.3 Å². The first-order valence-corrected chi connectivity index (χ1v) is 13.0. The van der Waals surface area contributed by atoms with Crippen molar-refractivity contribution < 1.29 is 19.1 Å². The van der Waals surface area contributed by atoms with E-state index in [0.717, 1.165) is 22.3 Å². The van der Waals surface area contributed by atoms with Crippen LogP contribution < -0.4 is 20.1 Å². The van der Waals surface area contributed by atoms with Crippen LogP contribution in [0.15, 0.2) is 47.4 Å². The Bertz CT molecular complexity index is 1030. The van der Waals surface area contributed by atoms with E-state index in [2.05, 4.69) is 17.6 Å². The van der Waals surface area contributed by atoms with Crippen LogP contribution in [0.1, 0.15) is 48.5 Å². The van der Waals surface area contributed by atoms with Gasteiger partial charge in [0.2, 0.25) is 5.91 Å². The van der Waals surface area contributed by atoms with Crippen molar-refractivity contribution in [2.45, 2.75) is 50.1 Å². The highest BCUT2D eigenvalue weighted by molar-refractivity contribution is 8.00. The monoisotopic (exact) mass is 482 g/mol. The quantitative estimate of drug-likeness (QED) is 0.482. The summed E-state index contributed by atoms with van der Waals surface area (Å²) in [4.78, 5) is 26.3. The molecule has 2 aromatic rings. The molecule has 2 N–H and O–H groups in total. The van der Waals surface area contributed by atoms with Crippen molar-refractivity contribution in [2.24, 2.45) is 17.8 Å². The van der Waals surface area contributed by atoms with Gasteiger partial charge in [0, 0.05) is 17.5 Å². The third kappa shape index (κ3) is 5.69. The predicted octanol–water partition coefficient (Wildman–Crippen LogP) is 4.67. The number of rotatable bonds is 10. The molecule has 2 saturated carbocycles. The molecular weight excluding hydrogens is 448 g/mol. The maximum Gasteiger partial charge on any atom is 0.252 e. The summed E-state index contributed by atoms with van der Waals surface area (Å²) in [5, 5.41) is 6.18. The van der Waals surface area contributed by atoms with Gasteiger partial charge in [-0.2, -0.15) is 0 Å². The molecule has 2 bridgehead atoms. The van der Waals surface area contributed by atoms with Gasteiger partial charge in [0.05, 0.1) is 25.5 Å². The van der Waals surface area contributed by atoms with Crippen LogP contribution >= 0.6 is 11.8 Å². The number of amides is 2. The Morgan fingerprint density at radius 1 is 1.06 bits per heavy atom. The number of benzene rings is 2. The number of ether oxygens (including phenoxy) is 2. The molecule has 0 saturated heterocycles. The van der Waals surface area contributed by atoms with E-state index >= 15 is 0 Å². The van der Waals surface area contributed by atoms with Crippen LogP contribution in [-0.4, -0.2) is 37.8 Å². The lowest BCUT2D eigenvalue weighted by Crippen LogP contribution is -2.40. The topological polar surface area (TPSA) is 76.7 Å². The van der Waals surface area contributed by atoms with E-state index in [1.165, 1.54) is 37.4 Å². The summed E-state index contributed by atoms with van der Waals surface area (Å²) in [5.74, 6) is 3.68. The largest absolute Gasteiger partial charge is 0.493 e. The molecule has 34 heavy (non-hydrogen) atoms. The molecule has 4 atom stereocenters. The normalized spacial score (nSPS) is 21.7. The van der Waals surface area contributed by atoms with Gasteiger partial charge in [-0.15, -0.1) is 11.8 Å². The highest BCUT2D eigenvalue weighted by Crippen LogP contribution is 2.49. The number of thioether (sulfide) groups is 1. The third-order valence-electron chi connectivity index (χ3n) is 7.22. The summed E-state index contributed by atoms with van der Waals surface area (Å²) >= 11 is 1.41.